The molecule has 2 nitrogen and oxygen atoms in total. The molecule has 0 aliphatic heterocycles. The molecule has 0 atom stereocenters. The molecule has 0 radical (unpaired) electrons. The average molecular weight is 202 g/mol. The highest BCUT2D eigenvalue weighted by molar-refractivity contribution is 5.89. The van der Waals surface area contributed by atoms with E-state index in [9.17, 15) is 4.79 Å². The van der Waals surface area contributed by atoms with E-state index in [0.717, 1.165) is 0 Å². The Kier molecular flexibility index (Phi) is 4.95. The quantitative estimate of drug-likeness (QED) is 0.554. The minimum atomic E-state index is -0.291. The highest BCUT2D eigenvalue weighted by Gasteiger charge is 2.03. The van der Waals surface area contributed by atoms with Gasteiger partial charge in [-0.25, -0.2) is 4.79 Å². The molecule has 1 aromatic rings. The molecule has 0 spiro atoms. The molecule has 0 saturated heterocycles. The van der Waals surface area contributed by atoms with Crippen molar-refractivity contribution in [3.8, 4) is 0 Å². The molecule has 0 N–H and O–H groups in total. The van der Waals surface area contributed by atoms with Gasteiger partial charge in [0.05, 0.1) is 5.56 Å². The Bertz CT molecular complexity index is 350. The van der Waals surface area contributed by atoms with Crippen molar-refractivity contribution in [2.75, 3.05) is 6.61 Å². The summed E-state index contributed by atoms with van der Waals surface area (Å²) in [6, 6.07) is 8.96. The van der Waals surface area contributed by atoms with Crippen molar-refractivity contribution in [3.63, 3.8) is 0 Å². The summed E-state index contributed by atoms with van der Waals surface area (Å²) >= 11 is 0. The maximum Gasteiger partial charge on any atom is 0.338 e. The van der Waals surface area contributed by atoms with Gasteiger partial charge in [-0.2, -0.15) is 0 Å². The Morgan fingerprint density at radius 1 is 1.27 bits per heavy atom. The molecule has 0 unspecified atom stereocenters. The first-order valence-electron chi connectivity index (χ1n) is 4.84. The normalized spacial score (nSPS) is 11.0. The smallest absolute Gasteiger partial charge is 0.338 e. The lowest BCUT2D eigenvalue weighted by Crippen LogP contribution is -2.04. The number of carbonyl (C=O) groups excluding carboxylic acids is 1. The van der Waals surface area contributed by atoms with Crippen LogP contribution in [-0.4, -0.2) is 12.6 Å². The summed E-state index contributed by atoms with van der Waals surface area (Å²) < 4.78 is 5.02. The largest absolute Gasteiger partial charge is 0.458 e. The van der Waals surface area contributed by atoms with Crippen molar-refractivity contribution in [3.05, 3.63) is 60.2 Å². The van der Waals surface area contributed by atoms with Gasteiger partial charge in [-0.3, -0.25) is 0 Å². The second kappa shape index (κ2) is 6.60. The van der Waals surface area contributed by atoms with Gasteiger partial charge in [0.2, 0.25) is 0 Å². The van der Waals surface area contributed by atoms with Crippen LogP contribution in [0.15, 0.2) is 54.6 Å². The van der Waals surface area contributed by atoms with Gasteiger partial charge in [0.15, 0.2) is 0 Å². The summed E-state index contributed by atoms with van der Waals surface area (Å²) in [5.74, 6) is -0.291. The fourth-order valence-electron chi connectivity index (χ4n) is 1.03. The van der Waals surface area contributed by atoms with Crippen LogP contribution in [0.3, 0.4) is 0 Å². The highest BCUT2D eigenvalue weighted by Crippen LogP contribution is 2.00. The minimum Gasteiger partial charge on any atom is -0.458 e. The van der Waals surface area contributed by atoms with Crippen LogP contribution in [0.25, 0.3) is 0 Å². The zero-order valence-corrected chi connectivity index (χ0v) is 8.72. The molecule has 0 bridgehead atoms. The van der Waals surface area contributed by atoms with Crippen LogP contribution in [-0.2, 0) is 4.74 Å². The standard InChI is InChI=1S/C13H14O2/c1-2-3-4-8-11-15-13(14)12-9-6-5-7-10-12/h2-10H,11H2,1H3. The zero-order valence-electron chi connectivity index (χ0n) is 8.72. The predicted octanol–water partition coefficient (Wildman–Crippen LogP) is 2.98. The van der Waals surface area contributed by atoms with E-state index in [1.165, 1.54) is 0 Å². The lowest BCUT2D eigenvalue weighted by Gasteiger charge is -2.00. The SMILES string of the molecule is CC=CC=CCOC(=O)c1ccccc1. The van der Waals surface area contributed by atoms with Crippen LogP contribution < -0.4 is 0 Å². The topological polar surface area (TPSA) is 26.3 Å². The molecular weight excluding hydrogens is 188 g/mol. The fraction of sp³-hybridized carbons (Fsp3) is 0.154. The molecule has 0 aromatic heterocycles. The molecule has 0 aliphatic carbocycles. The minimum absolute atomic E-state index is 0.291. The maximum atomic E-state index is 11.4. The summed E-state index contributed by atoms with van der Waals surface area (Å²) in [6.07, 6.45) is 7.44. The van der Waals surface area contributed by atoms with Gasteiger partial charge in [-0.05, 0) is 25.1 Å². The van der Waals surface area contributed by atoms with E-state index in [-0.39, 0.29) is 5.97 Å². The number of hydrogen-bond acceptors (Lipinski definition) is 2. The molecule has 0 fully saturated rings. The van der Waals surface area contributed by atoms with E-state index >= 15 is 0 Å². The molecule has 0 aliphatic rings. The third-order valence-corrected chi connectivity index (χ3v) is 1.76. The van der Waals surface area contributed by atoms with Gasteiger partial charge < -0.3 is 4.74 Å². The van der Waals surface area contributed by atoms with Crippen molar-refractivity contribution in [1.29, 1.82) is 0 Å². The Morgan fingerprint density at radius 3 is 2.67 bits per heavy atom. The Balaban J connectivity index is 2.37. The fourth-order valence-corrected chi connectivity index (χ4v) is 1.03. The van der Waals surface area contributed by atoms with Crippen LogP contribution >= 0.6 is 0 Å². The van der Waals surface area contributed by atoms with Gasteiger partial charge >= 0.3 is 5.97 Å². The number of allylic oxidation sites excluding steroid dienone is 3. The van der Waals surface area contributed by atoms with E-state index in [2.05, 4.69) is 0 Å². The number of rotatable bonds is 4. The molecular formula is C13H14O2. The van der Waals surface area contributed by atoms with Crippen molar-refractivity contribution in [2.24, 2.45) is 0 Å². The van der Waals surface area contributed by atoms with Crippen LogP contribution in [0.1, 0.15) is 17.3 Å². The second-order valence-electron chi connectivity index (χ2n) is 2.92. The number of ether oxygens (including phenoxy) is 1. The zero-order chi connectivity index (χ0) is 10.9. The van der Waals surface area contributed by atoms with Crippen LogP contribution in [0, 0.1) is 0 Å². The average Bonchev–Trinajstić information content (AvgIpc) is 2.30. The van der Waals surface area contributed by atoms with Crippen molar-refractivity contribution in [1.82, 2.24) is 0 Å². The first-order valence-corrected chi connectivity index (χ1v) is 4.84. The molecule has 78 valence electrons. The highest BCUT2D eigenvalue weighted by atomic mass is 16.5. The molecule has 0 saturated carbocycles. The number of carbonyl (C=O) groups is 1. The van der Waals surface area contributed by atoms with Gasteiger partial charge in [-0.1, -0.05) is 36.4 Å². The van der Waals surface area contributed by atoms with Crippen molar-refractivity contribution < 1.29 is 9.53 Å². The summed E-state index contributed by atoms with van der Waals surface area (Å²) in [7, 11) is 0. The summed E-state index contributed by atoms with van der Waals surface area (Å²) in [6.45, 7) is 2.23. The van der Waals surface area contributed by atoms with E-state index in [1.54, 1.807) is 18.2 Å². The molecule has 15 heavy (non-hydrogen) atoms. The lowest BCUT2D eigenvalue weighted by molar-refractivity contribution is 0.0549. The third kappa shape index (κ3) is 4.27. The summed E-state index contributed by atoms with van der Waals surface area (Å²) in [5, 5.41) is 0. The lowest BCUT2D eigenvalue weighted by atomic mass is 10.2. The third-order valence-electron chi connectivity index (χ3n) is 1.76. The first kappa shape index (κ1) is 11.2. The summed E-state index contributed by atoms with van der Waals surface area (Å²) in [4.78, 5) is 11.4. The van der Waals surface area contributed by atoms with Crippen molar-refractivity contribution in [2.45, 2.75) is 6.92 Å². The van der Waals surface area contributed by atoms with Gasteiger partial charge in [0, 0.05) is 0 Å². The number of hydrogen-bond donors (Lipinski definition) is 0. The summed E-state index contributed by atoms with van der Waals surface area (Å²) in [5.41, 5.74) is 0.580. The Labute approximate surface area is 89.9 Å². The molecule has 2 heteroatoms. The van der Waals surface area contributed by atoms with Crippen LogP contribution in [0.5, 0.6) is 0 Å². The van der Waals surface area contributed by atoms with Crippen LogP contribution in [0.4, 0.5) is 0 Å². The van der Waals surface area contributed by atoms with Gasteiger partial charge in [0.25, 0.3) is 0 Å². The predicted molar refractivity (Wildman–Crippen MR) is 60.7 cm³/mol. The van der Waals surface area contributed by atoms with Crippen molar-refractivity contribution >= 4 is 5.97 Å². The van der Waals surface area contributed by atoms with E-state index < -0.39 is 0 Å². The van der Waals surface area contributed by atoms with E-state index in [0.29, 0.717) is 12.2 Å². The van der Waals surface area contributed by atoms with Gasteiger partial charge in [0.1, 0.15) is 6.61 Å². The van der Waals surface area contributed by atoms with E-state index in [1.807, 2.05) is 43.4 Å². The Morgan fingerprint density at radius 2 is 2.00 bits per heavy atom. The molecule has 1 rings (SSSR count). The maximum absolute atomic E-state index is 11.4. The Hall–Kier alpha value is -1.83. The molecule has 0 heterocycles. The number of benzene rings is 1. The number of esters is 1. The molecule has 0 amide bonds. The first-order chi connectivity index (χ1) is 7.34. The second-order valence-corrected chi connectivity index (χ2v) is 2.92. The van der Waals surface area contributed by atoms with Gasteiger partial charge in [-0.15, -0.1) is 0 Å². The molecule has 1 aromatic carbocycles. The van der Waals surface area contributed by atoms with E-state index in [4.69, 9.17) is 4.74 Å². The monoisotopic (exact) mass is 202 g/mol. The van der Waals surface area contributed by atoms with Crippen LogP contribution in [0.2, 0.25) is 0 Å².